The number of nitrogens with zero attached hydrogens (tertiary/aromatic N) is 3. The second-order valence-corrected chi connectivity index (χ2v) is 5.03. The van der Waals surface area contributed by atoms with Gasteiger partial charge in [0.05, 0.1) is 0 Å². The van der Waals surface area contributed by atoms with Crippen LogP contribution in [0, 0.1) is 5.92 Å². The van der Waals surface area contributed by atoms with Gasteiger partial charge in [-0.1, -0.05) is 32.4 Å². The molecule has 0 aliphatic rings. The molecule has 0 spiro atoms. The molecule has 1 aromatic heterocycles. The fourth-order valence-corrected chi connectivity index (χ4v) is 1.97. The maximum Gasteiger partial charge on any atom is 0.134 e. The topological polar surface area (TPSA) is 29.0 Å². The Hall–Kier alpha value is -0.830. The van der Waals surface area contributed by atoms with Gasteiger partial charge in [-0.2, -0.15) is 0 Å². The average Bonchev–Trinajstić information content (AvgIpc) is 2.25. The van der Waals surface area contributed by atoms with Crippen LogP contribution >= 0.6 is 11.6 Å². The molecule has 1 rings (SSSR count). The molecular weight excluding hydrogens is 234 g/mol. The molecule has 4 heteroatoms. The zero-order valence-electron chi connectivity index (χ0n) is 11.2. The lowest BCUT2D eigenvalue weighted by Gasteiger charge is -2.24. The molecule has 0 radical (unpaired) electrons. The second-order valence-electron chi connectivity index (χ2n) is 4.65. The van der Waals surface area contributed by atoms with E-state index in [1.807, 2.05) is 6.07 Å². The first-order chi connectivity index (χ1) is 8.06. The zero-order valence-corrected chi connectivity index (χ0v) is 12.0. The summed E-state index contributed by atoms with van der Waals surface area (Å²) in [5.74, 6) is 2.40. The predicted octanol–water partition coefficient (Wildman–Crippen LogP) is 3.56. The molecule has 0 saturated carbocycles. The summed E-state index contributed by atoms with van der Waals surface area (Å²) in [6.45, 7) is 10.6. The lowest BCUT2D eigenvalue weighted by molar-refractivity contribution is 0.612. The van der Waals surface area contributed by atoms with Gasteiger partial charge in [0, 0.05) is 25.6 Å². The van der Waals surface area contributed by atoms with Crippen molar-refractivity contribution in [3.05, 3.63) is 17.0 Å². The van der Waals surface area contributed by atoms with E-state index in [1.54, 1.807) is 0 Å². The summed E-state index contributed by atoms with van der Waals surface area (Å²) >= 11 is 6.05. The molecule has 1 heterocycles. The SMILES string of the molecule is CCCc1nc(Cl)cc(N(CC)CC(C)C)n1. The summed E-state index contributed by atoms with van der Waals surface area (Å²) in [5, 5.41) is 0.542. The molecule has 0 saturated heterocycles. The van der Waals surface area contributed by atoms with Crippen molar-refractivity contribution in [2.75, 3.05) is 18.0 Å². The Morgan fingerprint density at radius 2 is 2.00 bits per heavy atom. The molecule has 0 aliphatic heterocycles. The monoisotopic (exact) mass is 255 g/mol. The molecule has 3 nitrogen and oxygen atoms in total. The minimum Gasteiger partial charge on any atom is -0.356 e. The number of aryl methyl sites for hydroxylation is 1. The molecule has 0 aromatic carbocycles. The molecule has 0 amide bonds. The molecule has 0 bridgehead atoms. The van der Waals surface area contributed by atoms with Crippen LogP contribution in [0.5, 0.6) is 0 Å². The number of hydrogen-bond acceptors (Lipinski definition) is 3. The van der Waals surface area contributed by atoms with Crippen LogP contribution in [-0.2, 0) is 6.42 Å². The summed E-state index contributed by atoms with van der Waals surface area (Å²) in [6, 6.07) is 1.85. The van der Waals surface area contributed by atoms with Crippen LogP contribution in [0.2, 0.25) is 5.15 Å². The highest BCUT2D eigenvalue weighted by atomic mass is 35.5. The van der Waals surface area contributed by atoms with E-state index in [0.717, 1.165) is 37.6 Å². The van der Waals surface area contributed by atoms with Crippen molar-refractivity contribution in [2.45, 2.75) is 40.5 Å². The average molecular weight is 256 g/mol. The Labute approximate surface area is 109 Å². The first-order valence-corrected chi connectivity index (χ1v) is 6.73. The molecule has 0 unspecified atom stereocenters. The summed E-state index contributed by atoms with van der Waals surface area (Å²) < 4.78 is 0. The normalized spacial score (nSPS) is 10.9. The second kappa shape index (κ2) is 6.80. The van der Waals surface area contributed by atoms with Gasteiger partial charge in [-0.3, -0.25) is 0 Å². The van der Waals surface area contributed by atoms with Gasteiger partial charge >= 0.3 is 0 Å². The maximum absolute atomic E-state index is 6.05. The van der Waals surface area contributed by atoms with E-state index >= 15 is 0 Å². The van der Waals surface area contributed by atoms with Crippen molar-refractivity contribution in [3.8, 4) is 0 Å². The van der Waals surface area contributed by atoms with Gasteiger partial charge < -0.3 is 4.90 Å². The minimum absolute atomic E-state index is 0.542. The smallest absolute Gasteiger partial charge is 0.134 e. The molecular formula is C13H22ClN3. The first kappa shape index (κ1) is 14.2. The largest absolute Gasteiger partial charge is 0.356 e. The molecule has 0 N–H and O–H groups in total. The summed E-state index contributed by atoms with van der Waals surface area (Å²) in [7, 11) is 0. The Morgan fingerprint density at radius 3 is 2.53 bits per heavy atom. The van der Waals surface area contributed by atoms with Crippen LogP contribution < -0.4 is 4.90 Å². The van der Waals surface area contributed by atoms with Gasteiger partial charge in [0.2, 0.25) is 0 Å². The summed E-state index contributed by atoms with van der Waals surface area (Å²) in [6.07, 6.45) is 1.92. The lowest BCUT2D eigenvalue weighted by Crippen LogP contribution is -2.28. The fourth-order valence-electron chi connectivity index (χ4n) is 1.77. The molecule has 96 valence electrons. The standard InChI is InChI=1S/C13H22ClN3/c1-5-7-12-15-11(14)8-13(16-12)17(6-2)9-10(3)4/h8,10H,5-7,9H2,1-4H3. The van der Waals surface area contributed by atoms with E-state index in [2.05, 4.69) is 42.6 Å². The number of halogens is 1. The Bertz CT molecular complexity index is 353. The molecule has 0 aliphatic carbocycles. The van der Waals surface area contributed by atoms with Gasteiger partial charge in [-0.25, -0.2) is 9.97 Å². The third kappa shape index (κ3) is 4.50. The number of aromatic nitrogens is 2. The van der Waals surface area contributed by atoms with E-state index in [-0.39, 0.29) is 0 Å². The van der Waals surface area contributed by atoms with Crippen molar-refractivity contribution in [3.63, 3.8) is 0 Å². The van der Waals surface area contributed by atoms with E-state index in [1.165, 1.54) is 0 Å². The minimum atomic E-state index is 0.542. The number of hydrogen-bond donors (Lipinski definition) is 0. The van der Waals surface area contributed by atoms with Gasteiger partial charge in [-0.05, 0) is 19.3 Å². The van der Waals surface area contributed by atoms with Crippen molar-refractivity contribution in [2.24, 2.45) is 5.92 Å². The van der Waals surface area contributed by atoms with Gasteiger partial charge in [0.25, 0.3) is 0 Å². The first-order valence-electron chi connectivity index (χ1n) is 6.35. The summed E-state index contributed by atoms with van der Waals surface area (Å²) in [5.41, 5.74) is 0. The number of anilines is 1. The van der Waals surface area contributed by atoms with E-state index in [0.29, 0.717) is 11.1 Å². The third-order valence-electron chi connectivity index (χ3n) is 2.49. The van der Waals surface area contributed by atoms with Gasteiger partial charge in [0.15, 0.2) is 0 Å². The number of rotatable bonds is 6. The van der Waals surface area contributed by atoms with Crippen molar-refractivity contribution < 1.29 is 0 Å². The van der Waals surface area contributed by atoms with Gasteiger partial charge in [0.1, 0.15) is 16.8 Å². The van der Waals surface area contributed by atoms with Crippen LogP contribution in [0.15, 0.2) is 6.07 Å². The van der Waals surface area contributed by atoms with Crippen LogP contribution in [0.1, 0.15) is 39.9 Å². The van der Waals surface area contributed by atoms with Crippen LogP contribution in [0.3, 0.4) is 0 Å². The molecule has 1 aromatic rings. The van der Waals surface area contributed by atoms with Crippen molar-refractivity contribution in [1.29, 1.82) is 0 Å². The quantitative estimate of drug-likeness (QED) is 0.728. The van der Waals surface area contributed by atoms with Crippen LogP contribution in [-0.4, -0.2) is 23.1 Å². The predicted molar refractivity (Wildman–Crippen MR) is 73.8 cm³/mol. The van der Waals surface area contributed by atoms with Gasteiger partial charge in [-0.15, -0.1) is 0 Å². The highest BCUT2D eigenvalue weighted by Gasteiger charge is 2.10. The Morgan fingerprint density at radius 1 is 1.29 bits per heavy atom. The van der Waals surface area contributed by atoms with Crippen LogP contribution in [0.4, 0.5) is 5.82 Å². The molecule has 0 fully saturated rings. The zero-order chi connectivity index (χ0) is 12.8. The Balaban J connectivity index is 2.93. The third-order valence-corrected chi connectivity index (χ3v) is 2.69. The molecule has 0 atom stereocenters. The van der Waals surface area contributed by atoms with Crippen molar-refractivity contribution >= 4 is 17.4 Å². The lowest BCUT2D eigenvalue weighted by atomic mass is 10.2. The fraction of sp³-hybridized carbons (Fsp3) is 0.692. The van der Waals surface area contributed by atoms with E-state index in [4.69, 9.17) is 11.6 Å². The van der Waals surface area contributed by atoms with Crippen LogP contribution in [0.25, 0.3) is 0 Å². The summed E-state index contributed by atoms with van der Waals surface area (Å²) in [4.78, 5) is 11.1. The maximum atomic E-state index is 6.05. The van der Waals surface area contributed by atoms with E-state index < -0.39 is 0 Å². The highest BCUT2D eigenvalue weighted by Crippen LogP contribution is 2.17. The Kier molecular flexibility index (Phi) is 5.69. The van der Waals surface area contributed by atoms with E-state index in [9.17, 15) is 0 Å². The molecule has 17 heavy (non-hydrogen) atoms. The highest BCUT2D eigenvalue weighted by molar-refractivity contribution is 6.29. The van der Waals surface area contributed by atoms with Crippen molar-refractivity contribution in [1.82, 2.24) is 9.97 Å².